The van der Waals surface area contributed by atoms with E-state index in [1.807, 2.05) is 31.2 Å². The Kier molecular flexibility index (Phi) is 5.38. The molecule has 0 radical (unpaired) electrons. The van der Waals surface area contributed by atoms with Crippen molar-refractivity contribution in [3.63, 3.8) is 0 Å². The molecule has 0 spiro atoms. The van der Waals surface area contributed by atoms with Gasteiger partial charge in [-0.3, -0.25) is 9.89 Å². The van der Waals surface area contributed by atoms with Crippen LogP contribution in [-0.4, -0.2) is 28.9 Å². The molecule has 0 saturated heterocycles. The van der Waals surface area contributed by atoms with Crippen LogP contribution in [0.3, 0.4) is 0 Å². The number of ether oxygens (including phenoxy) is 1. The molecule has 3 aromatic rings. The minimum absolute atomic E-state index is 0.250. The monoisotopic (exact) mass is 352 g/mol. The van der Waals surface area contributed by atoms with Crippen molar-refractivity contribution >= 4 is 12.1 Å². The fraction of sp³-hybridized carbons (Fsp3) is 0.105. The Balaban J connectivity index is 1.65. The van der Waals surface area contributed by atoms with Gasteiger partial charge < -0.3 is 4.74 Å². The Labute approximate surface area is 149 Å². The average molecular weight is 352 g/mol. The van der Waals surface area contributed by atoms with E-state index in [1.54, 1.807) is 24.3 Å². The van der Waals surface area contributed by atoms with Crippen molar-refractivity contribution in [2.75, 3.05) is 6.61 Å². The molecule has 0 saturated carbocycles. The Hall–Kier alpha value is -3.48. The summed E-state index contributed by atoms with van der Waals surface area (Å²) in [5.74, 6) is -0.112. The molecular weight excluding hydrogens is 335 g/mol. The van der Waals surface area contributed by atoms with Gasteiger partial charge in [-0.2, -0.15) is 10.2 Å². The number of halogens is 1. The molecular formula is C19H17FN4O2. The number of nitrogens with one attached hydrogen (secondary N) is 2. The molecule has 0 bridgehead atoms. The molecule has 1 amide bonds. The van der Waals surface area contributed by atoms with Gasteiger partial charge in [-0.15, -0.1) is 0 Å². The minimum atomic E-state index is -0.470. The summed E-state index contributed by atoms with van der Waals surface area (Å²) in [6, 6.07) is 15.2. The fourth-order valence-electron chi connectivity index (χ4n) is 2.27. The van der Waals surface area contributed by atoms with Gasteiger partial charge in [-0.05, 0) is 43.3 Å². The molecule has 2 N–H and O–H groups in total. The van der Waals surface area contributed by atoms with E-state index in [2.05, 4.69) is 20.7 Å². The van der Waals surface area contributed by atoms with Gasteiger partial charge in [-0.1, -0.05) is 18.2 Å². The lowest BCUT2D eigenvalue weighted by molar-refractivity contribution is 0.0950. The zero-order valence-corrected chi connectivity index (χ0v) is 14.1. The van der Waals surface area contributed by atoms with Gasteiger partial charge in [0.2, 0.25) is 0 Å². The van der Waals surface area contributed by atoms with E-state index in [9.17, 15) is 9.18 Å². The lowest BCUT2D eigenvalue weighted by Crippen LogP contribution is -2.18. The molecule has 0 aliphatic rings. The molecule has 7 heteroatoms. The van der Waals surface area contributed by atoms with Crippen LogP contribution < -0.4 is 10.2 Å². The predicted octanol–water partition coefficient (Wildman–Crippen LogP) is 3.38. The van der Waals surface area contributed by atoms with Gasteiger partial charge in [0.05, 0.1) is 18.5 Å². The molecule has 0 atom stereocenters. The third kappa shape index (κ3) is 4.13. The first-order chi connectivity index (χ1) is 12.7. The number of aromatic nitrogens is 2. The van der Waals surface area contributed by atoms with Crippen LogP contribution in [-0.2, 0) is 0 Å². The second kappa shape index (κ2) is 8.06. The maximum Gasteiger partial charge on any atom is 0.289 e. The molecule has 1 heterocycles. The molecule has 26 heavy (non-hydrogen) atoms. The highest BCUT2D eigenvalue weighted by Crippen LogP contribution is 2.21. The first-order valence-electron chi connectivity index (χ1n) is 8.04. The van der Waals surface area contributed by atoms with E-state index in [0.717, 1.165) is 11.3 Å². The quantitative estimate of drug-likeness (QED) is 0.527. The number of carbonyl (C=O) groups excluding carboxylic acids is 1. The normalized spacial score (nSPS) is 10.8. The molecule has 0 aliphatic heterocycles. The lowest BCUT2D eigenvalue weighted by Gasteiger charge is -2.02. The number of benzene rings is 2. The third-order valence-electron chi connectivity index (χ3n) is 3.56. The van der Waals surface area contributed by atoms with Gasteiger partial charge in [0, 0.05) is 11.1 Å². The smallest absolute Gasteiger partial charge is 0.289 e. The van der Waals surface area contributed by atoms with Crippen LogP contribution in [0.5, 0.6) is 5.75 Å². The van der Waals surface area contributed by atoms with Gasteiger partial charge in [0.1, 0.15) is 17.3 Å². The number of hydrogen-bond donors (Lipinski definition) is 2. The van der Waals surface area contributed by atoms with Crippen LogP contribution in [0.25, 0.3) is 11.3 Å². The summed E-state index contributed by atoms with van der Waals surface area (Å²) in [6.07, 6.45) is 1.25. The van der Waals surface area contributed by atoms with Crippen LogP contribution >= 0.6 is 0 Å². The Morgan fingerprint density at radius 1 is 1.27 bits per heavy atom. The van der Waals surface area contributed by atoms with Crippen molar-refractivity contribution in [3.05, 3.63) is 71.7 Å². The van der Waals surface area contributed by atoms with Crippen molar-refractivity contribution in [1.82, 2.24) is 15.6 Å². The fourth-order valence-corrected chi connectivity index (χ4v) is 2.27. The molecule has 0 unspecified atom stereocenters. The molecule has 1 aromatic heterocycles. The van der Waals surface area contributed by atoms with Crippen LogP contribution in [0, 0.1) is 5.82 Å². The molecule has 3 rings (SSSR count). The van der Waals surface area contributed by atoms with Gasteiger partial charge >= 0.3 is 0 Å². The number of carbonyl (C=O) groups is 1. The van der Waals surface area contributed by atoms with Crippen molar-refractivity contribution in [1.29, 1.82) is 0 Å². The van der Waals surface area contributed by atoms with E-state index < -0.39 is 11.7 Å². The van der Waals surface area contributed by atoms with Crippen molar-refractivity contribution in [2.45, 2.75) is 6.92 Å². The van der Waals surface area contributed by atoms with E-state index in [0.29, 0.717) is 12.3 Å². The minimum Gasteiger partial charge on any atom is -0.494 e. The number of aromatic amines is 1. The standard InChI is InChI=1S/C19H17FN4O2/c1-2-26-15-9-7-13(8-10-15)17-11-18(23-22-17)19(25)24-21-12-14-5-3-4-6-16(14)20/h3-12H,2H2,1H3,(H,22,23)(H,24,25). The zero-order valence-electron chi connectivity index (χ0n) is 14.1. The lowest BCUT2D eigenvalue weighted by atomic mass is 10.1. The summed E-state index contributed by atoms with van der Waals surface area (Å²) in [4.78, 5) is 12.1. The second-order valence-corrected chi connectivity index (χ2v) is 5.34. The van der Waals surface area contributed by atoms with Crippen LogP contribution in [0.4, 0.5) is 4.39 Å². The summed E-state index contributed by atoms with van der Waals surface area (Å²) in [7, 11) is 0. The summed E-state index contributed by atoms with van der Waals surface area (Å²) in [5.41, 5.74) is 4.34. The summed E-state index contributed by atoms with van der Waals surface area (Å²) in [6.45, 7) is 2.51. The van der Waals surface area contributed by atoms with Crippen LogP contribution in [0.15, 0.2) is 59.7 Å². The number of nitrogens with zero attached hydrogens (tertiary/aromatic N) is 2. The SMILES string of the molecule is CCOc1ccc(-c2cc(C(=O)NN=Cc3ccccc3F)[nH]n2)cc1. The molecule has 132 valence electrons. The largest absolute Gasteiger partial charge is 0.494 e. The van der Waals surface area contributed by atoms with Crippen molar-refractivity contribution in [2.24, 2.45) is 5.10 Å². The summed E-state index contributed by atoms with van der Waals surface area (Å²) in [5, 5.41) is 10.6. The highest BCUT2D eigenvalue weighted by Gasteiger charge is 2.10. The first kappa shape index (κ1) is 17.3. The van der Waals surface area contributed by atoms with Gasteiger partial charge in [0.25, 0.3) is 5.91 Å². The van der Waals surface area contributed by atoms with E-state index in [-0.39, 0.29) is 11.3 Å². The van der Waals surface area contributed by atoms with Crippen molar-refractivity contribution < 1.29 is 13.9 Å². The summed E-state index contributed by atoms with van der Waals surface area (Å²) >= 11 is 0. The number of amides is 1. The molecule has 2 aromatic carbocycles. The predicted molar refractivity (Wildman–Crippen MR) is 96.7 cm³/mol. The van der Waals surface area contributed by atoms with Crippen molar-refractivity contribution in [3.8, 4) is 17.0 Å². The zero-order chi connectivity index (χ0) is 18.4. The van der Waals surface area contributed by atoms with Crippen LogP contribution in [0.2, 0.25) is 0 Å². The average Bonchev–Trinajstić information content (AvgIpc) is 3.14. The number of hydrazone groups is 1. The second-order valence-electron chi connectivity index (χ2n) is 5.34. The van der Waals surface area contributed by atoms with Gasteiger partial charge in [-0.25, -0.2) is 9.82 Å². The number of H-pyrrole nitrogens is 1. The van der Waals surface area contributed by atoms with Crippen LogP contribution in [0.1, 0.15) is 23.0 Å². The Morgan fingerprint density at radius 2 is 2.04 bits per heavy atom. The number of hydrogen-bond acceptors (Lipinski definition) is 4. The number of rotatable bonds is 6. The maximum atomic E-state index is 13.5. The molecule has 6 nitrogen and oxygen atoms in total. The molecule has 0 fully saturated rings. The Morgan fingerprint density at radius 3 is 2.77 bits per heavy atom. The topological polar surface area (TPSA) is 79.4 Å². The first-order valence-corrected chi connectivity index (χ1v) is 8.04. The van der Waals surface area contributed by atoms with E-state index in [1.165, 1.54) is 12.3 Å². The maximum absolute atomic E-state index is 13.5. The van der Waals surface area contributed by atoms with E-state index >= 15 is 0 Å². The Bertz CT molecular complexity index is 919. The summed E-state index contributed by atoms with van der Waals surface area (Å²) < 4.78 is 18.9. The van der Waals surface area contributed by atoms with Gasteiger partial charge in [0.15, 0.2) is 0 Å². The third-order valence-corrected chi connectivity index (χ3v) is 3.56. The molecule has 0 aliphatic carbocycles. The highest BCUT2D eigenvalue weighted by atomic mass is 19.1. The highest BCUT2D eigenvalue weighted by molar-refractivity contribution is 5.94. The van der Waals surface area contributed by atoms with E-state index in [4.69, 9.17) is 4.74 Å².